The molecule has 3 heterocycles. The van der Waals surface area contributed by atoms with Crippen molar-refractivity contribution in [2.24, 2.45) is 0 Å². The Kier molecular flexibility index (Phi) is 5.27. The molecule has 8 heteroatoms. The average molecular weight is 347 g/mol. The molecule has 0 bridgehead atoms. The van der Waals surface area contributed by atoms with Crippen molar-refractivity contribution in [3.05, 3.63) is 35.6 Å². The Hall–Kier alpha value is -2.19. The van der Waals surface area contributed by atoms with Gasteiger partial charge in [0, 0.05) is 38.3 Å². The van der Waals surface area contributed by atoms with Crippen molar-refractivity contribution in [3.8, 4) is 5.75 Å². The monoisotopic (exact) mass is 347 g/mol. The Balaban J connectivity index is 1.75. The molecule has 3 rings (SSSR count). The molecule has 1 saturated heterocycles. The number of piperazine rings is 1. The molecule has 128 valence electrons. The number of hydrogen-bond acceptors (Lipinski definition) is 7. The molecule has 24 heavy (non-hydrogen) atoms. The largest absolute Gasteiger partial charge is 0.487 e. The predicted octanol–water partition coefficient (Wildman–Crippen LogP) is 1.14. The molecule has 1 aliphatic rings. The van der Waals surface area contributed by atoms with Crippen molar-refractivity contribution in [3.63, 3.8) is 0 Å². The standard InChI is InChI=1S/C16H21N5O2S/c1-11(23-12-4-3-5-18-8-12)14-9-19-6-7-21(14)16-20-13(10-24-16)15(22)17-2/h3-5,8,10-11,14,19H,6-7,9H2,1-2H3,(H,17,22). The normalized spacial score (nSPS) is 18.9. The molecule has 1 amide bonds. The quantitative estimate of drug-likeness (QED) is 0.844. The van der Waals surface area contributed by atoms with Crippen LogP contribution >= 0.6 is 11.3 Å². The van der Waals surface area contributed by atoms with Crippen LogP contribution in [-0.4, -0.2) is 54.7 Å². The lowest BCUT2D eigenvalue weighted by atomic mass is 10.1. The second-order valence-electron chi connectivity index (χ2n) is 5.57. The van der Waals surface area contributed by atoms with Crippen molar-refractivity contribution in [2.45, 2.75) is 19.1 Å². The van der Waals surface area contributed by atoms with E-state index in [9.17, 15) is 4.79 Å². The number of carbonyl (C=O) groups excluding carboxylic acids is 1. The van der Waals surface area contributed by atoms with E-state index in [1.165, 1.54) is 11.3 Å². The molecule has 2 atom stereocenters. The topological polar surface area (TPSA) is 79.4 Å². The minimum Gasteiger partial charge on any atom is -0.487 e. The fraction of sp³-hybridized carbons (Fsp3) is 0.438. The van der Waals surface area contributed by atoms with Crippen molar-refractivity contribution in [1.29, 1.82) is 0 Å². The highest BCUT2D eigenvalue weighted by molar-refractivity contribution is 7.14. The Labute approximate surface area is 145 Å². The molecule has 2 unspecified atom stereocenters. The second kappa shape index (κ2) is 7.59. The van der Waals surface area contributed by atoms with Crippen LogP contribution in [0, 0.1) is 0 Å². The van der Waals surface area contributed by atoms with Crippen LogP contribution in [-0.2, 0) is 0 Å². The first-order valence-corrected chi connectivity index (χ1v) is 8.78. The van der Waals surface area contributed by atoms with Gasteiger partial charge in [0.1, 0.15) is 17.5 Å². The van der Waals surface area contributed by atoms with Gasteiger partial charge in [0.25, 0.3) is 5.91 Å². The fourth-order valence-corrected chi connectivity index (χ4v) is 3.61. The molecule has 2 aromatic rings. The van der Waals surface area contributed by atoms with Gasteiger partial charge in [-0.15, -0.1) is 11.3 Å². The highest BCUT2D eigenvalue weighted by Gasteiger charge is 2.31. The highest BCUT2D eigenvalue weighted by atomic mass is 32.1. The van der Waals surface area contributed by atoms with Gasteiger partial charge in [0.15, 0.2) is 5.13 Å². The molecule has 0 spiro atoms. The third kappa shape index (κ3) is 3.65. The number of amides is 1. The molecule has 0 saturated carbocycles. The highest BCUT2D eigenvalue weighted by Crippen LogP contribution is 2.26. The van der Waals surface area contributed by atoms with Crippen LogP contribution in [0.4, 0.5) is 5.13 Å². The summed E-state index contributed by atoms with van der Waals surface area (Å²) in [6.45, 7) is 4.55. The van der Waals surface area contributed by atoms with Crippen LogP contribution in [0.3, 0.4) is 0 Å². The number of nitrogens with zero attached hydrogens (tertiary/aromatic N) is 3. The van der Waals surface area contributed by atoms with E-state index in [-0.39, 0.29) is 18.1 Å². The van der Waals surface area contributed by atoms with Gasteiger partial charge in [-0.3, -0.25) is 9.78 Å². The van der Waals surface area contributed by atoms with Crippen LogP contribution in [0.2, 0.25) is 0 Å². The van der Waals surface area contributed by atoms with Crippen LogP contribution in [0.1, 0.15) is 17.4 Å². The van der Waals surface area contributed by atoms with Gasteiger partial charge in [-0.05, 0) is 19.1 Å². The van der Waals surface area contributed by atoms with Crippen molar-refractivity contribution in [2.75, 3.05) is 31.6 Å². The van der Waals surface area contributed by atoms with Gasteiger partial charge in [0.05, 0.1) is 12.2 Å². The smallest absolute Gasteiger partial charge is 0.270 e. The summed E-state index contributed by atoms with van der Waals surface area (Å²) in [6.07, 6.45) is 3.39. The van der Waals surface area contributed by atoms with E-state index in [1.807, 2.05) is 19.1 Å². The van der Waals surface area contributed by atoms with Gasteiger partial charge < -0.3 is 20.3 Å². The molecule has 0 aliphatic carbocycles. The zero-order valence-electron chi connectivity index (χ0n) is 13.7. The number of pyridine rings is 1. The van der Waals surface area contributed by atoms with Crippen LogP contribution in [0.25, 0.3) is 0 Å². The van der Waals surface area contributed by atoms with Crippen LogP contribution < -0.4 is 20.3 Å². The summed E-state index contributed by atoms with van der Waals surface area (Å²) >= 11 is 1.49. The number of carbonyl (C=O) groups is 1. The van der Waals surface area contributed by atoms with E-state index in [0.717, 1.165) is 30.5 Å². The van der Waals surface area contributed by atoms with Gasteiger partial charge in [-0.25, -0.2) is 4.98 Å². The number of aromatic nitrogens is 2. The number of hydrogen-bond donors (Lipinski definition) is 2. The SMILES string of the molecule is CNC(=O)c1csc(N2CCNCC2C(C)Oc2cccnc2)n1. The Bertz CT molecular complexity index is 678. The van der Waals surface area contributed by atoms with Gasteiger partial charge in [-0.1, -0.05) is 0 Å². The third-order valence-electron chi connectivity index (χ3n) is 3.98. The van der Waals surface area contributed by atoms with Gasteiger partial charge >= 0.3 is 0 Å². The van der Waals surface area contributed by atoms with Gasteiger partial charge in [0.2, 0.25) is 0 Å². The van der Waals surface area contributed by atoms with Crippen molar-refractivity contribution < 1.29 is 9.53 Å². The molecule has 0 aromatic carbocycles. The Morgan fingerprint density at radius 3 is 3.21 bits per heavy atom. The summed E-state index contributed by atoms with van der Waals surface area (Å²) in [4.78, 5) is 22.5. The molecule has 0 radical (unpaired) electrons. The van der Waals surface area contributed by atoms with E-state index in [4.69, 9.17) is 4.74 Å². The zero-order chi connectivity index (χ0) is 16.9. The average Bonchev–Trinajstić information content (AvgIpc) is 3.12. The first-order valence-electron chi connectivity index (χ1n) is 7.90. The zero-order valence-corrected chi connectivity index (χ0v) is 14.5. The summed E-state index contributed by atoms with van der Waals surface area (Å²) in [5, 5.41) is 8.65. The first kappa shape index (κ1) is 16.7. The van der Waals surface area contributed by atoms with E-state index < -0.39 is 0 Å². The summed E-state index contributed by atoms with van der Waals surface area (Å²) < 4.78 is 6.03. The van der Waals surface area contributed by atoms with Crippen molar-refractivity contribution >= 4 is 22.4 Å². The lowest BCUT2D eigenvalue weighted by Gasteiger charge is -2.39. The van der Waals surface area contributed by atoms with Crippen LogP contribution in [0.5, 0.6) is 5.75 Å². The summed E-state index contributed by atoms with van der Waals surface area (Å²) in [6, 6.07) is 3.88. The number of nitrogens with one attached hydrogen (secondary N) is 2. The van der Waals surface area contributed by atoms with E-state index in [1.54, 1.807) is 24.8 Å². The lowest BCUT2D eigenvalue weighted by molar-refractivity contribution is 0.0959. The molecule has 2 N–H and O–H groups in total. The maximum absolute atomic E-state index is 11.7. The molecule has 7 nitrogen and oxygen atoms in total. The second-order valence-corrected chi connectivity index (χ2v) is 6.41. The Morgan fingerprint density at radius 1 is 1.58 bits per heavy atom. The fourth-order valence-electron chi connectivity index (χ4n) is 2.72. The number of anilines is 1. The maximum Gasteiger partial charge on any atom is 0.270 e. The van der Waals surface area contributed by atoms with Crippen LogP contribution in [0.15, 0.2) is 29.9 Å². The third-order valence-corrected chi connectivity index (χ3v) is 4.86. The predicted molar refractivity (Wildman–Crippen MR) is 93.8 cm³/mol. The Morgan fingerprint density at radius 2 is 2.46 bits per heavy atom. The summed E-state index contributed by atoms with van der Waals surface area (Å²) in [5.41, 5.74) is 0.454. The molecule has 1 aliphatic heterocycles. The summed E-state index contributed by atoms with van der Waals surface area (Å²) in [5.74, 6) is 0.588. The first-order chi connectivity index (χ1) is 11.7. The molecular weight excluding hydrogens is 326 g/mol. The number of ether oxygens (including phenoxy) is 1. The minimum absolute atomic E-state index is 0.0469. The molecule has 1 fully saturated rings. The van der Waals surface area contributed by atoms with Gasteiger partial charge in [-0.2, -0.15) is 0 Å². The number of thiazole rings is 1. The summed E-state index contributed by atoms with van der Waals surface area (Å²) in [7, 11) is 1.61. The van der Waals surface area contributed by atoms with E-state index >= 15 is 0 Å². The van der Waals surface area contributed by atoms with E-state index in [0.29, 0.717) is 5.69 Å². The lowest BCUT2D eigenvalue weighted by Crippen LogP contribution is -2.57. The maximum atomic E-state index is 11.7. The molecule has 2 aromatic heterocycles. The van der Waals surface area contributed by atoms with E-state index in [2.05, 4.69) is 25.5 Å². The molecular formula is C16H21N5O2S. The minimum atomic E-state index is -0.163. The number of rotatable bonds is 5. The van der Waals surface area contributed by atoms with Crippen molar-refractivity contribution in [1.82, 2.24) is 20.6 Å².